The van der Waals surface area contributed by atoms with Crippen molar-refractivity contribution in [2.45, 2.75) is 0 Å². The van der Waals surface area contributed by atoms with Crippen LogP contribution >= 0.6 is 12.4 Å². The fraction of sp³-hybridized carbons (Fsp3) is 0.533. The molecule has 0 atom stereocenters. The zero-order chi connectivity index (χ0) is 16.5. The molecule has 0 unspecified atom stereocenters. The number of amides is 1. The molecule has 0 heterocycles. The number of nitrogens with one attached hydrogen (secondary N) is 1. The minimum absolute atomic E-state index is 0. The van der Waals surface area contributed by atoms with Crippen LogP contribution in [0.15, 0.2) is 12.1 Å². The summed E-state index contributed by atoms with van der Waals surface area (Å²) >= 11 is 0. The third-order valence-corrected chi connectivity index (χ3v) is 3.17. The van der Waals surface area contributed by atoms with Crippen molar-refractivity contribution in [1.29, 1.82) is 0 Å². The van der Waals surface area contributed by atoms with E-state index in [9.17, 15) is 4.79 Å². The van der Waals surface area contributed by atoms with Crippen LogP contribution in [-0.4, -0.2) is 61.1 Å². The summed E-state index contributed by atoms with van der Waals surface area (Å²) in [6.07, 6.45) is 0. The molecule has 1 N–H and O–H groups in total. The summed E-state index contributed by atoms with van der Waals surface area (Å²) in [4.78, 5) is 13.7. The first-order valence-corrected chi connectivity index (χ1v) is 6.85. The number of likely N-dealkylation sites (N-methyl/N-ethyl adjacent to an activating group) is 1. The van der Waals surface area contributed by atoms with Crippen LogP contribution in [0.3, 0.4) is 0 Å². The summed E-state index contributed by atoms with van der Waals surface area (Å²) < 4.78 is 20.8. The van der Waals surface area contributed by atoms with Gasteiger partial charge in [-0.15, -0.1) is 12.4 Å². The summed E-state index contributed by atoms with van der Waals surface area (Å²) in [5, 5.41) is 3.01. The normalized spacial score (nSPS) is 9.78. The van der Waals surface area contributed by atoms with Crippen LogP contribution in [0.25, 0.3) is 0 Å². The maximum Gasteiger partial charge on any atom is 0.240 e. The number of rotatable bonds is 9. The first kappa shape index (κ1) is 21.3. The van der Waals surface area contributed by atoms with Crippen molar-refractivity contribution < 1.29 is 23.7 Å². The lowest BCUT2D eigenvalue weighted by atomic mass is 10.2. The molecule has 1 aromatic rings. The molecule has 1 rings (SSSR count). The van der Waals surface area contributed by atoms with Crippen molar-refractivity contribution in [3.63, 3.8) is 0 Å². The number of hydrogen-bond donors (Lipinski definition) is 1. The summed E-state index contributed by atoms with van der Waals surface area (Å²) in [6.45, 7) is 1.39. The summed E-state index contributed by atoms with van der Waals surface area (Å²) in [5.41, 5.74) is 0.660. The molecule has 132 valence electrons. The lowest BCUT2D eigenvalue weighted by Gasteiger charge is -2.21. The van der Waals surface area contributed by atoms with Crippen LogP contribution in [0.2, 0.25) is 0 Å². The topological polar surface area (TPSA) is 69.3 Å². The molecule has 0 saturated carbocycles. The highest BCUT2D eigenvalue weighted by Gasteiger charge is 2.18. The van der Waals surface area contributed by atoms with Gasteiger partial charge >= 0.3 is 0 Å². The van der Waals surface area contributed by atoms with E-state index in [2.05, 4.69) is 5.32 Å². The first-order chi connectivity index (χ1) is 10.6. The highest BCUT2D eigenvalue weighted by Crippen LogP contribution is 2.40. The van der Waals surface area contributed by atoms with Crippen LogP contribution in [0.1, 0.15) is 0 Å². The van der Waals surface area contributed by atoms with E-state index in [0.29, 0.717) is 36.1 Å². The first-order valence-electron chi connectivity index (χ1n) is 6.85. The molecule has 1 amide bonds. The Kier molecular flexibility index (Phi) is 10.1. The molecule has 0 aromatic heterocycles. The van der Waals surface area contributed by atoms with Gasteiger partial charge in [0.05, 0.1) is 40.2 Å². The average Bonchev–Trinajstić information content (AvgIpc) is 2.56. The molecule has 0 spiro atoms. The maximum absolute atomic E-state index is 12.2. The van der Waals surface area contributed by atoms with Crippen LogP contribution in [-0.2, 0) is 9.53 Å². The Morgan fingerprint density at radius 2 is 1.65 bits per heavy atom. The number of hydrogen-bond acceptors (Lipinski definition) is 6. The lowest BCUT2D eigenvalue weighted by molar-refractivity contribution is -0.117. The zero-order valence-electron chi connectivity index (χ0n) is 14.2. The van der Waals surface area contributed by atoms with E-state index in [0.717, 1.165) is 0 Å². The van der Waals surface area contributed by atoms with Gasteiger partial charge in [-0.3, -0.25) is 4.79 Å². The Labute approximate surface area is 143 Å². The van der Waals surface area contributed by atoms with Gasteiger partial charge in [-0.1, -0.05) is 0 Å². The van der Waals surface area contributed by atoms with Gasteiger partial charge in [0.2, 0.25) is 11.7 Å². The van der Waals surface area contributed by atoms with E-state index in [1.165, 1.54) is 26.2 Å². The SMILES string of the molecule is COCCNCC(=O)N(C)c1cc(OC)c(OC)c(OC)c1.Cl. The van der Waals surface area contributed by atoms with E-state index >= 15 is 0 Å². The second kappa shape index (κ2) is 10.9. The van der Waals surface area contributed by atoms with Gasteiger partial charge < -0.3 is 29.2 Å². The molecule has 0 aliphatic rings. The standard InChI is InChI=1S/C15H24N2O5.ClH/c1-17(14(18)10-16-6-7-19-2)11-8-12(20-3)15(22-5)13(9-11)21-4;/h8-9,16H,6-7,10H2,1-5H3;1H. The van der Waals surface area contributed by atoms with Gasteiger partial charge in [-0.25, -0.2) is 0 Å². The van der Waals surface area contributed by atoms with Crippen molar-refractivity contribution in [1.82, 2.24) is 5.32 Å². The van der Waals surface area contributed by atoms with Crippen LogP contribution in [0.4, 0.5) is 5.69 Å². The molecule has 0 aliphatic heterocycles. The number of carbonyl (C=O) groups excluding carboxylic acids is 1. The van der Waals surface area contributed by atoms with Gasteiger partial charge in [0.1, 0.15) is 0 Å². The summed E-state index contributed by atoms with van der Waals surface area (Å²) in [5.74, 6) is 1.42. The largest absolute Gasteiger partial charge is 0.493 e. The molecule has 1 aromatic carbocycles. The predicted octanol–water partition coefficient (Wildman–Crippen LogP) is 1.33. The number of nitrogens with zero attached hydrogens (tertiary/aromatic N) is 1. The Morgan fingerprint density at radius 1 is 1.09 bits per heavy atom. The highest BCUT2D eigenvalue weighted by atomic mass is 35.5. The Bertz CT molecular complexity index is 474. The fourth-order valence-electron chi connectivity index (χ4n) is 1.89. The summed E-state index contributed by atoms with van der Waals surface area (Å²) in [6, 6.07) is 3.46. The number of ether oxygens (including phenoxy) is 4. The predicted molar refractivity (Wildman–Crippen MR) is 91.5 cm³/mol. The molecule has 0 aliphatic carbocycles. The van der Waals surface area contributed by atoms with Crippen LogP contribution in [0.5, 0.6) is 17.2 Å². The molecule has 7 nitrogen and oxygen atoms in total. The molecule has 0 fully saturated rings. The minimum Gasteiger partial charge on any atom is -0.493 e. The van der Waals surface area contributed by atoms with Gasteiger partial charge in [-0.05, 0) is 0 Å². The maximum atomic E-state index is 12.2. The van der Waals surface area contributed by atoms with Gasteiger partial charge in [-0.2, -0.15) is 0 Å². The number of anilines is 1. The summed E-state index contributed by atoms with van der Waals surface area (Å²) in [7, 11) is 7.92. The van der Waals surface area contributed by atoms with Crippen LogP contribution < -0.4 is 24.4 Å². The number of halogens is 1. The fourth-order valence-corrected chi connectivity index (χ4v) is 1.89. The van der Waals surface area contributed by atoms with Gasteiger partial charge in [0.25, 0.3) is 0 Å². The van der Waals surface area contributed by atoms with E-state index in [1.54, 1.807) is 26.3 Å². The highest BCUT2D eigenvalue weighted by molar-refractivity contribution is 5.95. The molecule has 0 bridgehead atoms. The van der Waals surface area contributed by atoms with E-state index in [4.69, 9.17) is 18.9 Å². The Morgan fingerprint density at radius 3 is 2.09 bits per heavy atom. The third kappa shape index (κ3) is 5.78. The quantitative estimate of drug-likeness (QED) is 0.679. The molecule has 0 saturated heterocycles. The smallest absolute Gasteiger partial charge is 0.240 e. The van der Waals surface area contributed by atoms with Gasteiger partial charge in [0, 0.05) is 32.8 Å². The van der Waals surface area contributed by atoms with Crippen molar-refractivity contribution in [3.05, 3.63) is 12.1 Å². The zero-order valence-corrected chi connectivity index (χ0v) is 15.0. The second-order valence-electron chi connectivity index (χ2n) is 4.51. The molecular formula is C15H25ClN2O5. The Balaban J connectivity index is 0.00000484. The molecule has 23 heavy (non-hydrogen) atoms. The van der Waals surface area contributed by atoms with Crippen molar-refractivity contribution in [2.24, 2.45) is 0 Å². The van der Waals surface area contributed by atoms with Crippen molar-refractivity contribution in [3.8, 4) is 17.2 Å². The number of carbonyl (C=O) groups is 1. The molecule has 8 heteroatoms. The van der Waals surface area contributed by atoms with Crippen LogP contribution in [0, 0.1) is 0 Å². The minimum atomic E-state index is -0.0784. The number of benzene rings is 1. The molecular weight excluding hydrogens is 324 g/mol. The van der Waals surface area contributed by atoms with E-state index in [1.807, 2.05) is 0 Å². The van der Waals surface area contributed by atoms with Crippen molar-refractivity contribution in [2.75, 3.05) is 60.1 Å². The lowest BCUT2D eigenvalue weighted by Crippen LogP contribution is -2.36. The third-order valence-electron chi connectivity index (χ3n) is 3.17. The van der Waals surface area contributed by atoms with Gasteiger partial charge in [0.15, 0.2) is 11.5 Å². The average molecular weight is 349 g/mol. The second-order valence-corrected chi connectivity index (χ2v) is 4.51. The number of methoxy groups -OCH3 is 4. The monoisotopic (exact) mass is 348 g/mol. The van der Waals surface area contributed by atoms with E-state index < -0.39 is 0 Å². The van der Waals surface area contributed by atoms with E-state index in [-0.39, 0.29) is 24.9 Å². The Hall–Kier alpha value is -1.70. The molecule has 0 radical (unpaired) electrons. The van der Waals surface area contributed by atoms with Crippen molar-refractivity contribution >= 4 is 24.0 Å².